The summed E-state index contributed by atoms with van der Waals surface area (Å²) in [4.78, 5) is 26.2. The summed E-state index contributed by atoms with van der Waals surface area (Å²) in [6.07, 6.45) is 5.78. The van der Waals surface area contributed by atoms with Gasteiger partial charge in [-0.25, -0.2) is 4.98 Å². The molecule has 27 heavy (non-hydrogen) atoms. The fourth-order valence-electron chi connectivity index (χ4n) is 3.61. The maximum absolute atomic E-state index is 11.4. The van der Waals surface area contributed by atoms with Gasteiger partial charge in [0.25, 0.3) is 5.69 Å². The molecule has 0 unspecified atom stereocenters. The summed E-state index contributed by atoms with van der Waals surface area (Å²) in [5.74, 6) is 0.624. The Balaban J connectivity index is 1.86. The minimum Gasteiger partial charge on any atom is -0.371 e. The van der Waals surface area contributed by atoms with Crippen molar-refractivity contribution in [3.63, 3.8) is 0 Å². The van der Waals surface area contributed by atoms with Gasteiger partial charge in [-0.05, 0) is 37.0 Å². The third-order valence-corrected chi connectivity index (χ3v) is 5.09. The Morgan fingerprint density at radius 3 is 2.93 bits per heavy atom. The van der Waals surface area contributed by atoms with Crippen molar-refractivity contribution < 1.29 is 4.92 Å². The van der Waals surface area contributed by atoms with Crippen molar-refractivity contribution >= 4 is 33.9 Å². The molecule has 0 amide bonds. The highest BCUT2D eigenvalue weighted by Crippen LogP contribution is 2.33. The molecule has 0 radical (unpaired) electrons. The first-order valence-corrected chi connectivity index (χ1v) is 9.22. The average molecular weight is 384 g/mol. The number of fused-ring (bicyclic) bond motifs is 1. The molecule has 1 atom stereocenters. The van der Waals surface area contributed by atoms with E-state index in [1.807, 2.05) is 12.1 Å². The molecule has 7 nitrogen and oxygen atoms in total. The van der Waals surface area contributed by atoms with Crippen molar-refractivity contribution in [3.05, 3.63) is 51.9 Å². The SMILES string of the molecule is C[C@H]1CCCN(c2ccnc3cnc(-c4nc(Cl)ccc4[N+](=O)[O-])cc23)C1. The minimum atomic E-state index is -0.471. The normalized spacial score (nSPS) is 17.3. The second kappa shape index (κ2) is 7.08. The van der Waals surface area contributed by atoms with Gasteiger partial charge in [0.15, 0.2) is 5.69 Å². The Morgan fingerprint density at radius 2 is 2.15 bits per heavy atom. The van der Waals surface area contributed by atoms with Gasteiger partial charge in [0.2, 0.25) is 0 Å². The summed E-state index contributed by atoms with van der Waals surface area (Å²) in [5, 5.41) is 12.5. The number of rotatable bonds is 3. The predicted octanol–water partition coefficient (Wildman–Crippen LogP) is 4.49. The van der Waals surface area contributed by atoms with Crippen molar-refractivity contribution in [2.75, 3.05) is 18.0 Å². The lowest BCUT2D eigenvalue weighted by atomic mass is 9.99. The molecule has 1 saturated heterocycles. The maximum atomic E-state index is 11.4. The number of halogens is 1. The Morgan fingerprint density at radius 1 is 1.30 bits per heavy atom. The molecule has 8 heteroatoms. The number of nitro groups is 1. The van der Waals surface area contributed by atoms with E-state index in [0.29, 0.717) is 11.6 Å². The summed E-state index contributed by atoms with van der Waals surface area (Å²) >= 11 is 5.98. The van der Waals surface area contributed by atoms with E-state index in [4.69, 9.17) is 11.6 Å². The molecule has 0 spiro atoms. The van der Waals surface area contributed by atoms with Crippen LogP contribution in [0, 0.1) is 16.0 Å². The molecule has 0 aliphatic carbocycles. The zero-order chi connectivity index (χ0) is 19.0. The van der Waals surface area contributed by atoms with Crippen LogP contribution in [-0.2, 0) is 0 Å². The molecule has 0 saturated carbocycles. The van der Waals surface area contributed by atoms with Crippen molar-refractivity contribution in [2.24, 2.45) is 5.92 Å². The van der Waals surface area contributed by atoms with Crippen LogP contribution in [0.15, 0.2) is 36.7 Å². The van der Waals surface area contributed by atoms with Gasteiger partial charge >= 0.3 is 0 Å². The number of pyridine rings is 3. The van der Waals surface area contributed by atoms with Gasteiger partial charge in [0.05, 0.1) is 22.3 Å². The third kappa shape index (κ3) is 3.42. The Bertz CT molecular complexity index is 1030. The smallest absolute Gasteiger partial charge is 0.297 e. The van der Waals surface area contributed by atoms with E-state index in [9.17, 15) is 10.1 Å². The Labute approximate surface area is 161 Å². The molecule has 1 aliphatic rings. The summed E-state index contributed by atoms with van der Waals surface area (Å²) in [6, 6.07) is 6.58. The second-order valence-electron chi connectivity index (χ2n) is 6.87. The number of hydrogen-bond acceptors (Lipinski definition) is 6. The number of piperidine rings is 1. The third-order valence-electron chi connectivity index (χ3n) is 4.88. The first kappa shape index (κ1) is 17.6. The molecular formula is C19H18ClN5O2. The van der Waals surface area contributed by atoms with Crippen LogP contribution in [0.25, 0.3) is 22.3 Å². The number of anilines is 1. The minimum absolute atomic E-state index is 0.122. The zero-order valence-electron chi connectivity index (χ0n) is 14.8. The van der Waals surface area contributed by atoms with Crippen LogP contribution in [0.5, 0.6) is 0 Å². The summed E-state index contributed by atoms with van der Waals surface area (Å²) in [5.41, 5.74) is 2.27. The molecule has 4 rings (SSSR count). The first-order valence-electron chi connectivity index (χ1n) is 8.84. The van der Waals surface area contributed by atoms with E-state index >= 15 is 0 Å². The van der Waals surface area contributed by atoms with E-state index in [0.717, 1.165) is 36.1 Å². The van der Waals surface area contributed by atoms with Gasteiger partial charge in [-0.15, -0.1) is 0 Å². The lowest BCUT2D eigenvalue weighted by molar-refractivity contribution is -0.384. The first-order chi connectivity index (χ1) is 13.0. The molecule has 3 aromatic rings. The van der Waals surface area contributed by atoms with E-state index in [2.05, 4.69) is 26.8 Å². The van der Waals surface area contributed by atoms with Gasteiger partial charge in [-0.3, -0.25) is 20.1 Å². The Kier molecular flexibility index (Phi) is 4.61. The van der Waals surface area contributed by atoms with Crippen LogP contribution >= 0.6 is 11.6 Å². The summed E-state index contributed by atoms with van der Waals surface area (Å²) in [6.45, 7) is 4.21. The van der Waals surface area contributed by atoms with Gasteiger partial charge in [0, 0.05) is 36.4 Å². The van der Waals surface area contributed by atoms with Crippen LogP contribution in [-0.4, -0.2) is 33.0 Å². The number of hydrogen-bond donors (Lipinski definition) is 0. The predicted molar refractivity (Wildman–Crippen MR) is 105 cm³/mol. The van der Waals surface area contributed by atoms with Crippen molar-refractivity contribution in [3.8, 4) is 11.4 Å². The van der Waals surface area contributed by atoms with Crippen molar-refractivity contribution in [1.29, 1.82) is 0 Å². The molecule has 1 aliphatic heterocycles. The maximum Gasteiger partial charge on any atom is 0.297 e. The molecule has 3 aromatic heterocycles. The fraction of sp³-hybridized carbons (Fsp3) is 0.316. The van der Waals surface area contributed by atoms with E-state index in [-0.39, 0.29) is 16.5 Å². The van der Waals surface area contributed by atoms with Gasteiger partial charge in [-0.1, -0.05) is 18.5 Å². The van der Waals surface area contributed by atoms with E-state index in [1.165, 1.54) is 18.6 Å². The largest absolute Gasteiger partial charge is 0.371 e. The average Bonchev–Trinajstić information content (AvgIpc) is 2.66. The lowest BCUT2D eigenvalue weighted by Gasteiger charge is -2.33. The fourth-order valence-corrected chi connectivity index (χ4v) is 3.76. The van der Waals surface area contributed by atoms with Gasteiger partial charge in [0.1, 0.15) is 5.15 Å². The highest BCUT2D eigenvalue weighted by molar-refractivity contribution is 6.29. The molecular weight excluding hydrogens is 366 g/mol. The van der Waals surface area contributed by atoms with E-state index in [1.54, 1.807) is 12.4 Å². The van der Waals surface area contributed by atoms with E-state index < -0.39 is 4.92 Å². The van der Waals surface area contributed by atoms with Crippen LogP contribution < -0.4 is 4.90 Å². The quantitative estimate of drug-likeness (QED) is 0.376. The van der Waals surface area contributed by atoms with Gasteiger partial charge < -0.3 is 4.90 Å². The number of aromatic nitrogens is 3. The summed E-state index contributed by atoms with van der Waals surface area (Å²) in [7, 11) is 0. The van der Waals surface area contributed by atoms with Crippen LogP contribution in [0.4, 0.5) is 11.4 Å². The second-order valence-corrected chi connectivity index (χ2v) is 7.26. The zero-order valence-corrected chi connectivity index (χ0v) is 15.6. The monoisotopic (exact) mass is 383 g/mol. The summed E-state index contributed by atoms with van der Waals surface area (Å²) < 4.78 is 0. The lowest BCUT2D eigenvalue weighted by Crippen LogP contribution is -2.34. The highest BCUT2D eigenvalue weighted by atomic mass is 35.5. The topological polar surface area (TPSA) is 85.0 Å². The Hall–Kier alpha value is -2.80. The molecule has 0 N–H and O–H groups in total. The van der Waals surface area contributed by atoms with Crippen LogP contribution in [0.3, 0.4) is 0 Å². The molecule has 138 valence electrons. The molecule has 1 fully saturated rings. The number of nitrogens with zero attached hydrogens (tertiary/aromatic N) is 5. The molecule has 0 aromatic carbocycles. The molecule has 4 heterocycles. The molecule has 0 bridgehead atoms. The van der Waals surface area contributed by atoms with Crippen molar-refractivity contribution in [2.45, 2.75) is 19.8 Å². The van der Waals surface area contributed by atoms with Crippen LogP contribution in [0.1, 0.15) is 19.8 Å². The van der Waals surface area contributed by atoms with Gasteiger partial charge in [-0.2, -0.15) is 0 Å². The standard InChI is InChI=1S/C19H18ClN5O2/c1-12-3-2-8-24(11-12)16-6-7-21-15-10-22-14(9-13(15)16)19-17(25(26)27)4-5-18(20)23-19/h4-7,9-10,12H,2-3,8,11H2,1H3/t12-/m0/s1. The van der Waals surface area contributed by atoms with Crippen molar-refractivity contribution in [1.82, 2.24) is 15.0 Å². The van der Waals surface area contributed by atoms with Crippen LogP contribution in [0.2, 0.25) is 5.15 Å². The highest BCUT2D eigenvalue weighted by Gasteiger charge is 2.22.